The second kappa shape index (κ2) is 10.6. The van der Waals surface area contributed by atoms with E-state index in [1.165, 1.54) is 0 Å². The Bertz CT molecular complexity index is 242. The predicted molar refractivity (Wildman–Crippen MR) is 84.9 cm³/mol. The molecule has 0 atom stereocenters. The summed E-state index contributed by atoms with van der Waals surface area (Å²) < 4.78 is 0. The highest BCUT2D eigenvalue weighted by molar-refractivity contribution is 8.76. The van der Waals surface area contributed by atoms with Crippen molar-refractivity contribution in [3.8, 4) is 0 Å². The molecule has 0 aliphatic rings. The Morgan fingerprint density at radius 3 is 2.11 bits per heavy atom. The third-order valence-electron chi connectivity index (χ3n) is 1.80. The topological polar surface area (TPSA) is 58.2 Å². The van der Waals surface area contributed by atoms with E-state index in [1.54, 1.807) is 21.6 Å². The van der Waals surface area contributed by atoms with Crippen LogP contribution < -0.4 is 10.6 Å². The van der Waals surface area contributed by atoms with E-state index >= 15 is 0 Å². The summed E-state index contributed by atoms with van der Waals surface area (Å²) in [5.74, 6) is 1.54. The average molecular weight is 297 g/mol. The van der Waals surface area contributed by atoms with Crippen molar-refractivity contribution in [3.05, 3.63) is 0 Å². The SMILES string of the molecule is CC(C)NC(=O)CCCSSCC(=O)NC(C)C.[HH].[HH]. The third-order valence-corrected chi connectivity index (χ3v) is 4.16. The van der Waals surface area contributed by atoms with Crippen molar-refractivity contribution in [2.45, 2.75) is 52.6 Å². The highest BCUT2D eigenvalue weighted by Gasteiger charge is 2.05. The van der Waals surface area contributed by atoms with Crippen LogP contribution in [-0.2, 0) is 9.59 Å². The van der Waals surface area contributed by atoms with Crippen LogP contribution in [0.5, 0.6) is 0 Å². The van der Waals surface area contributed by atoms with Crippen LogP contribution >= 0.6 is 21.6 Å². The van der Waals surface area contributed by atoms with Crippen molar-refractivity contribution in [1.29, 1.82) is 0 Å². The summed E-state index contributed by atoms with van der Waals surface area (Å²) in [5.41, 5.74) is 0. The summed E-state index contributed by atoms with van der Waals surface area (Å²) in [7, 11) is 3.19. The van der Waals surface area contributed by atoms with Gasteiger partial charge in [0.15, 0.2) is 0 Å². The molecule has 0 aromatic carbocycles. The van der Waals surface area contributed by atoms with Crippen LogP contribution in [0.15, 0.2) is 0 Å². The van der Waals surface area contributed by atoms with Crippen molar-refractivity contribution in [1.82, 2.24) is 10.6 Å². The molecule has 0 aromatic rings. The normalized spacial score (nSPS) is 10.8. The van der Waals surface area contributed by atoms with Crippen LogP contribution in [0, 0.1) is 0 Å². The van der Waals surface area contributed by atoms with Gasteiger partial charge in [0.2, 0.25) is 11.8 Å². The van der Waals surface area contributed by atoms with E-state index in [0.29, 0.717) is 12.2 Å². The van der Waals surface area contributed by atoms with Gasteiger partial charge < -0.3 is 10.6 Å². The van der Waals surface area contributed by atoms with Gasteiger partial charge in [0.1, 0.15) is 0 Å². The van der Waals surface area contributed by atoms with E-state index in [2.05, 4.69) is 10.6 Å². The van der Waals surface area contributed by atoms with Crippen molar-refractivity contribution in [2.24, 2.45) is 0 Å². The summed E-state index contributed by atoms with van der Waals surface area (Å²) in [5, 5.41) is 5.69. The van der Waals surface area contributed by atoms with Gasteiger partial charge in [-0.3, -0.25) is 9.59 Å². The maximum Gasteiger partial charge on any atom is 0.231 e. The predicted octanol–water partition coefficient (Wildman–Crippen LogP) is 2.69. The highest BCUT2D eigenvalue weighted by Crippen LogP contribution is 2.22. The Hall–Kier alpha value is -0.360. The van der Waals surface area contributed by atoms with E-state index in [0.717, 1.165) is 12.2 Å². The van der Waals surface area contributed by atoms with Crippen LogP contribution in [0.3, 0.4) is 0 Å². The molecule has 0 fully saturated rings. The number of hydrogen-bond acceptors (Lipinski definition) is 4. The van der Waals surface area contributed by atoms with Crippen molar-refractivity contribution >= 4 is 33.4 Å². The van der Waals surface area contributed by atoms with Gasteiger partial charge in [-0.2, -0.15) is 0 Å². The molecular formula is C12H28N2O2S2. The van der Waals surface area contributed by atoms with Gasteiger partial charge in [-0.15, -0.1) is 0 Å². The molecule has 0 aliphatic heterocycles. The molecule has 0 aliphatic carbocycles. The number of nitrogens with one attached hydrogen (secondary N) is 2. The molecule has 2 amide bonds. The van der Waals surface area contributed by atoms with E-state index < -0.39 is 0 Å². The van der Waals surface area contributed by atoms with Crippen LogP contribution in [-0.4, -0.2) is 35.4 Å². The van der Waals surface area contributed by atoms with Crippen LogP contribution in [0.1, 0.15) is 43.4 Å². The lowest BCUT2D eigenvalue weighted by Gasteiger charge is -2.08. The minimum Gasteiger partial charge on any atom is -0.354 e. The second-order valence-corrected chi connectivity index (χ2v) is 7.21. The van der Waals surface area contributed by atoms with E-state index in [9.17, 15) is 9.59 Å². The Balaban J connectivity index is -0.00000144. The first-order chi connectivity index (χ1) is 8.41. The molecule has 4 nitrogen and oxygen atoms in total. The Labute approximate surface area is 121 Å². The molecule has 0 aromatic heterocycles. The zero-order chi connectivity index (χ0) is 14.0. The first kappa shape index (κ1) is 17.6. The molecule has 0 radical (unpaired) electrons. The molecular weight excluding hydrogens is 268 g/mol. The maximum absolute atomic E-state index is 11.3. The Morgan fingerprint density at radius 2 is 1.56 bits per heavy atom. The van der Waals surface area contributed by atoms with Gasteiger partial charge in [-0.25, -0.2) is 0 Å². The maximum atomic E-state index is 11.3. The first-order valence-electron chi connectivity index (χ1n) is 6.25. The van der Waals surface area contributed by atoms with E-state index in [4.69, 9.17) is 0 Å². The molecule has 0 unspecified atom stereocenters. The second-order valence-electron chi connectivity index (χ2n) is 4.63. The summed E-state index contributed by atoms with van der Waals surface area (Å²) >= 11 is 0. The molecule has 0 heterocycles. The van der Waals surface area contributed by atoms with Crippen LogP contribution in [0.4, 0.5) is 0 Å². The number of amides is 2. The van der Waals surface area contributed by atoms with Crippen molar-refractivity contribution in [2.75, 3.05) is 11.5 Å². The number of carbonyl (C=O) groups is 2. The lowest BCUT2D eigenvalue weighted by atomic mass is 10.3. The highest BCUT2D eigenvalue weighted by atomic mass is 33.1. The third kappa shape index (κ3) is 12.1. The molecule has 0 saturated heterocycles. The number of carbonyl (C=O) groups excluding carboxylic acids is 2. The van der Waals surface area contributed by atoms with E-state index in [1.807, 2.05) is 27.7 Å². The smallest absolute Gasteiger partial charge is 0.231 e. The molecule has 110 valence electrons. The molecule has 18 heavy (non-hydrogen) atoms. The molecule has 0 rings (SSSR count). The lowest BCUT2D eigenvalue weighted by molar-refractivity contribution is -0.121. The summed E-state index contributed by atoms with van der Waals surface area (Å²) in [6.07, 6.45) is 1.41. The van der Waals surface area contributed by atoms with Gasteiger partial charge in [0, 0.05) is 27.1 Å². The zero-order valence-corrected chi connectivity index (χ0v) is 13.2. The van der Waals surface area contributed by atoms with Gasteiger partial charge in [-0.1, -0.05) is 21.6 Å². The molecule has 6 heteroatoms. The first-order valence-corrected chi connectivity index (χ1v) is 8.73. The Morgan fingerprint density at radius 1 is 1.00 bits per heavy atom. The number of hydrogen-bond donors (Lipinski definition) is 2. The van der Waals surface area contributed by atoms with Gasteiger partial charge in [-0.05, 0) is 34.1 Å². The van der Waals surface area contributed by atoms with Crippen molar-refractivity contribution in [3.63, 3.8) is 0 Å². The molecule has 0 bridgehead atoms. The lowest BCUT2D eigenvalue weighted by Crippen LogP contribution is -2.31. The summed E-state index contributed by atoms with van der Waals surface area (Å²) in [4.78, 5) is 22.6. The minimum atomic E-state index is 0. The van der Waals surface area contributed by atoms with Crippen molar-refractivity contribution < 1.29 is 12.4 Å². The quantitative estimate of drug-likeness (QED) is 0.507. The largest absolute Gasteiger partial charge is 0.354 e. The minimum absolute atomic E-state index is 0. The monoisotopic (exact) mass is 296 g/mol. The molecule has 0 spiro atoms. The fourth-order valence-corrected chi connectivity index (χ4v) is 3.14. The summed E-state index contributed by atoms with van der Waals surface area (Å²) in [6, 6.07) is 0.405. The fraction of sp³-hybridized carbons (Fsp3) is 0.833. The summed E-state index contributed by atoms with van der Waals surface area (Å²) in [6.45, 7) is 7.80. The van der Waals surface area contributed by atoms with E-state index in [-0.39, 0.29) is 26.8 Å². The van der Waals surface area contributed by atoms with Crippen LogP contribution in [0.2, 0.25) is 0 Å². The fourth-order valence-electron chi connectivity index (χ4n) is 1.20. The molecule has 2 N–H and O–H groups in total. The zero-order valence-electron chi connectivity index (χ0n) is 11.6. The number of rotatable bonds is 9. The van der Waals surface area contributed by atoms with Gasteiger partial charge in [0.05, 0.1) is 5.75 Å². The average Bonchev–Trinajstić information content (AvgIpc) is 2.20. The molecule has 0 saturated carbocycles. The van der Waals surface area contributed by atoms with Gasteiger partial charge in [0.25, 0.3) is 0 Å². The Kier molecular flexibility index (Phi) is 10.3. The van der Waals surface area contributed by atoms with Gasteiger partial charge >= 0.3 is 0 Å². The van der Waals surface area contributed by atoms with Crippen LogP contribution in [0.25, 0.3) is 0 Å². The standard InChI is InChI=1S/C12H24N2O2S2.2H2/c1-9(2)13-11(15)6-5-7-17-18-8-12(16)14-10(3)4;;/h9-10H,5-8H2,1-4H3,(H,13,15)(H,14,16);2*1H.